The van der Waals surface area contributed by atoms with Gasteiger partial charge < -0.3 is 18.7 Å². The minimum Gasteiger partial charge on any atom is -0.507 e. The molecule has 29 heavy (non-hydrogen) atoms. The summed E-state index contributed by atoms with van der Waals surface area (Å²) in [6, 6.07) is 9.33. The van der Waals surface area contributed by atoms with E-state index in [2.05, 4.69) is 0 Å². The molecule has 2 aromatic heterocycles. The molecule has 0 saturated heterocycles. The molecule has 8 heteroatoms. The molecule has 2 aromatic carbocycles. The Labute approximate surface area is 172 Å². The summed E-state index contributed by atoms with van der Waals surface area (Å²) < 4.78 is 16.7. The topological polar surface area (TPSA) is 89.9 Å². The molecule has 146 valence electrons. The lowest BCUT2D eigenvalue weighted by atomic mass is 9.89. The predicted molar refractivity (Wildman–Crippen MR) is 109 cm³/mol. The molecule has 0 amide bonds. The second kappa shape index (κ2) is 6.27. The number of hydrogen-bond acceptors (Lipinski definition) is 6. The molecular weight excluding hydrogens is 419 g/mol. The van der Waals surface area contributed by atoms with Crippen LogP contribution in [0, 0.1) is 0 Å². The zero-order valence-corrected chi connectivity index (χ0v) is 16.4. The lowest BCUT2D eigenvalue weighted by Gasteiger charge is -2.15. The second-order valence-corrected chi connectivity index (χ2v) is 7.74. The van der Waals surface area contributed by atoms with Crippen molar-refractivity contribution in [3.8, 4) is 11.5 Å². The van der Waals surface area contributed by atoms with Crippen LogP contribution in [0.5, 0.6) is 11.5 Å². The van der Waals surface area contributed by atoms with E-state index in [-0.39, 0.29) is 33.6 Å². The van der Waals surface area contributed by atoms with Gasteiger partial charge in [-0.15, -0.1) is 0 Å². The lowest BCUT2D eigenvalue weighted by Crippen LogP contribution is -2.24. The number of rotatable bonds is 1. The van der Waals surface area contributed by atoms with Crippen molar-refractivity contribution >= 4 is 45.1 Å². The Bertz CT molecular complexity index is 1440. The minimum atomic E-state index is -0.885. The average Bonchev–Trinajstić information content (AvgIpc) is 3.01. The molecule has 0 aliphatic carbocycles. The standard InChI is InChI=1S/C21H12Cl2O6/c1-8-15(16-18(24)11-6-9(22)2-4-13(11)28-20(16)25)17-19(27-8)12-7-10(23)3-5-14(12)29-21(17)26/h2-8,15,24H,1H3. The van der Waals surface area contributed by atoms with Gasteiger partial charge in [0, 0.05) is 10.0 Å². The molecule has 4 aromatic rings. The van der Waals surface area contributed by atoms with Crippen molar-refractivity contribution in [3.63, 3.8) is 0 Å². The Morgan fingerprint density at radius 1 is 0.862 bits per heavy atom. The highest BCUT2D eigenvalue weighted by Gasteiger charge is 2.41. The highest BCUT2D eigenvalue weighted by Crippen LogP contribution is 2.46. The van der Waals surface area contributed by atoms with Gasteiger partial charge in [-0.1, -0.05) is 23.2 Å². The summed E-state index contributed by atoms with van der Waals surface area (Å²) in [5, 5.41) is 12.5. The van der Waals surface area contributed by atoms with Gasteiger partial charge >= 0.3 is 11.3 Å². The smallest absolute Gasteiger partial charge is 0.344 e. The third kappa shape index (κ3) is 2.63. The van der Waals surface area contributed by atoms with E-state index < -0.39 is 23.3 Å². The van der Waals surface area contributed by atoms with Crippen LogP contribution in [0.15, 0.2) is 54.8 Å². The molecule has 3 heterocycles. The van der Waals surface area contributed by atoms with E-state index in [4.69, 9.17) is 36.8 Å². The third-order valence-corrected chi connectivity index (χ3v) is 5.59. The number of halogens is 2. The summed E-state index contributed by atoms with van der Waals surface area (Å²) in [6.07, 6.45) is -0.636. The Balaban J connectivity index is 1.84. The monoisotopic (exact) mass is 430 g/mol. The van der Waals surface area contributed by atoms with Gasteiger partial charge in [0.2, 0.25) is 0 Å². The van der Waals surface area contributed by atoms with E-state index in [0.29, 0.717) is 21.0 Å². The van der Waals surface area contributed by atoms with Crippen LogP contribution in [0.25, 0.3) is 21.9 Å². The van der Waals surface area contributed by atoms with E-state index in [1.165, 1.54) is 12.1 Å². The molecule has 0 saturated carbocycles. The van der Waals surface area contributed by atoms with Crippen LogP contribution in [0.1, 0.15) is 24.0 Å². The molecule has 1 aliphatic heterocycles. The van der Waals surface area contributed by atoms with Crippen LogP contribution in [-0.2, 0) is 0 Å². The van der Waals surface area contributed by atoms with Crippen LogP contribution < -0.4 is 16.0 Å². The van der Waals surface area contributed by atoms with E-state index in [0.717, 1.165) is 0 Å². The average molecular weight is 431 g/mol. The Kier molecular flexibility index (Phi) is 3.91. The van der Waals surface area contributed by atoms with Crippen molar-refractivity contribution in [1.82, 2.24) is 0 Å². The van der Waals surface area contributed by atoms with Gasteiger partial charge in [0.1, 0.15) is 28.8 Å². The summed E-state index contributed by atoms with van der Waals surface area (Å²) in [6.45, 7) is 1.70. The largest absolute Gasteiger partial charge is 0.507 e. The van der Waals surface area contributed by atoms with Crippen LogP contribution in [0.3, 0.4) is 0 Å². The number of aromatic hydroxyl groups is 1. The Morgan fingerprint density at radius 3 is 2.07 bits per heavy atom. The van der Waals surface area contributed by atoms with Crippen LogP contribution in [0.2, 0.25) is 10.0 Å². The van der Waals surface area contributed by atoms with Crippen molar-refractivity contribution in [3.05, 3.63) is 78.4 Å². The first-order valence-corrected chi connectivity index (χ1v) is 9.49. The minimum absolute atomic E-state index is 0.0836. The molecule has 6 nitrogen and oxygen atoms in total. The zero-order chi connectivity index (χ0) is 20.4. The van der Waals surface area contributed by atoms with E-state index in [1.807, 2.05) is 0 Å². The lowest BCUT2D eigenvalue weighted by molar-refractivity contribution is 0.237. The number of ether oxygens (including phenoxy) is 1. The normalized spacial score (nSPS) is 18.2. The highest BCUT2D eigenvalue weighted by atomic mass is 35.5. The first kappa shape index (κ1) is 18.1. The van der Waals surface area contributed by atoms with Crippen LogP contribution in [-0.4, -0.2) is 11.2 Å². The number of benzene rings is 2. The molecule has 0 spiro atoms. The molecule has 2 atom stereocenters. The van der Waals surface area contributed by atoms with Crippen molar-refractivity contribution in [1.29, 1.82) is 0 Å². The molecule has 0 radical (unpaired) electrons. The number of hydrogen-bond donors (Lipinski definition) is 1. The Hall–Kier alpha value is -2.96. The van der Waals surface area contributed by atoms with Gasteiger partial charge in [0.15, 0.2) is 0 Å². The van der Waals surface area contributed by atoms with Gasteiger partial charge in [0.05, 0.1) is 27.8 Å². The van der Waals surface area contributed by atoms with Gasteiger partial charge in [0.25, 0.3) is 0 Å². The SMILES string of the molecule is CC1Oc2c(c(=O)oc3ccc(Cl)cc23)C1c1c(O)c2cc(Cl)ccc2oc1=O. The fourth-order valence-electron chi connectivity index (χ4n) is 3.87. The predicted octanol–water partition coefficient (Wildman–Crippen LogP) is 4.82. The first-order chi connectivity index (χ1) is 13.8. The van der Waals surface area contributed by atoms with Crippen LogP contribution >= 0.6 is 23.2 Å². The summed E-state index contributed by atoms with van der Waals surface area (Å²) >= 11 is 12.1. The van der Waals surface area contributed by atoms with Gasteiger partial charge in [-0.2, -0.15) is 0 Å². The highest BCUT2D eigenvalue weighted by molar-refractivity contribution is 6.31. The van der Waals surface area contributed by atoms with E-state index >= 15 is 0 Å². The summed E-state index contributed by atoms with van der Waals surface area (Å²) in [5.74, 6) is -0.914. The van der Waals surface area contributed by atoms with Crippen molar-refractivity contribution in [2.75, 3.05) is 0 Å². The Morgan fingerprint density at radius 2 is 1.41 bits per heavy atom. The van der Waals surface area contributed by atoms with Crippen molar-refractivity contribution in [2.45, 2.75) is 18.9 Å². The molecule has 1 N–H and O–H groups in total. The summed E-state index contributed by atoms with van der Waals surface area (Å²) in [4.78, 5) is 25.5. The fourth-order valence-corrected chi connectivity index (χ4v) is 4.22. The van der Waals surface area contributed by atoms with E-state index in [1.54, 1.807) is 31.2 Å². The van der Waals surface area contributed by atoms with Crippen molar-refractivity contribution < 1.29 is 18.7 Å². The molecular formula is C21H12Cl2O6. The molecule has 5 rings (SSSR count). The summed E-state index contributed by atoms with van der Waals surface area (Å²) in [7, 11) is 0. The van der Waals surface area contributed by atoms with Crippen molar-refractivity contribution in [2.24, 2.45) is 0 Å². The quantitative estimate of drug-likeness (QED) is 0.435. The van der Waals surface area contributed by atoms with E-state index in [9.17, 15) is 14.7 Å². The number of fused-ring (bicyclic) bond motifs is 4. The first-order valence-electron chi connectivity index (χ1n) is 8.73. The molecule has 2 unspecified atom stereocenters. The van der Waals surface area contributed by atoms with Gasteiger partial charge in [-0.05, 0) is 43.3 Å². The maximum atomic E-state index is 12.8. The molecule has 0 fully saturated rings. The van der Waals surface area contributed by atoms with Gasteiger partial charge in [-0.25, -0.2) is 9.59 Å². The molecule has 1 aliphatic rings. The summed E-state index contributed by atoms with van der Waals surface area (Å²) in [5.41, 5.74) is -0.876. The zero-order valence-electron chi connectivity index (χ0n) is 14.9. The second-order valence-electron chi connectivity index (χ2n) is 6.87. The molecule has 0 bridgehead atoms. The van der Waals surface area contributed by atoms with Gasteiger partial charge in [-0.3, -0.25) is 0 Å². The fraction of sp³-hybridized carbons (Fsp3) is 0.143. The third-order valence-electron chi connectivity index (χ3n) is 5.12. The van der Waals surface area contributed by atoms with Crippen LogP contribution in [0.4, 0.5) is 0 Å². The maximum Gasteiger partial charge on any atom is 0.344 e. The maximum absolute atomic E-state index is 12.8.